The minimum absolute atomic E-state index is 0.119. The topological polar surface area (TPSA) is 60.4 Å². The lowest BCUT2D eigenvalue weighted by Crippen LogP contribution is -1.98. The van der Waals surface area contributed by atoms with Crippen molar-refractivity contribution in [3.8, 4) is 11.8 Å². The minimum Gasteiger partial charge on any atom is -0.469 e. The second kappa shape index (κ2) is 11.3. The van der Waals surface area contributed by atoms with Gasteiger partial charge in [0.15, 0.2) is 5.78 Å². The summed E-state index contributed by atoms with van der Waals surface area (Å²) in [6, 6.07) is 0. The SMILES string of the molecule is COC(=O)CCCC#CCC(=O)C=CC=CC=O. The van der Waals surface area contributed by atoms with E-state index in [1.807, 2.05) is 0 Å². The third-order valence-corrected chi connectivity index (χ3v) is 1.88. The van der Waals surface area contributed by atoms with Crippen LogP contribution in [0.3, 0.4) is 0 Å². The minimum atomic E-state index is -0.252. The first-order valence-corrected chi connectivity index (χ1v) is 5.54. The van der Waals surface area contributed by atoms with Crippen LogP contribution >= 0.6 is 0 Å². The van der Waals surface area contributed by atoms with Crippen molar-refractivity contribution < 1.29 is 19.1 Å². The Morgan fingerprint density at radius 3 is 2.61 bits per heavy atom. The van der Waals surface area contributed by atoms with Gasteiger partial charge in [-0.2, -0.15) is 0 Å². The number of carbonyl (C=O) groups is 3. The van der Waals surface area contributed by atoms with Gasteiger partial charge in [-0.3, -0.25) is 14.4 Å². The molecule has 0 fully saturated rings. The first-order chi connectivity index (χ1) is 8.70. The van der Waals surface area contributed by atoms with Crippen LogP contribution in [0.5, 0.6) is 0 Å². The van der Waals surface area contributed by atoms with Crippen LogP contribution in [0, 0.1) is 11.8 Å². The van der Waals surface area contributed by atoms with E-state index in [0.29, 0.717) is 25.5 Å². The molecular weight excluding hydrogens is 232 g/mol. The van der Waals surface area contributed by atoms with Crippen LogP contribution < -0.4 is 0 Å². The van der Waals surface area contributed by atoms with E-state index in [-0.39, 0.29) is 18.2 Å². The van der Waals surface area contributed by atoms with Crippen molar-refractivity contribution in [2.24, 2.45) is 0 Å². The van der Waals surface area contributed by atoms with E-state index >= 15 is 0 Å². The third kappa shape index (κ3) is 10.4. The molecule has 0 saturated heterocycles. The second-order valence-corrected chi connectivity index (χ2v) is 3.31. The average Bonchev–Trinajstić information content (AvgIpc) is 2.38. The van der Waals surface area contributed by atoms with Gasteiger partial charge in [0.05, 0.1) is 13.5 Å². The Kier molecular flexibility index (Phi) is 9.98. The highest BCUT2D eigenvalue weighted by Crippen LogP contribution is 1.95. The molecule has 4 heteroatoms. The van der Waals surface area contributed by atoms with E-state index in [0.717, 1.165) is 0 Å². The Balaban J connectivity index is 3.73. The molecule has 0 amide bonds. The molecule has 0 aromatic rings. The lowest BCUT2D eigenvalue weighted by atomic mass is 10.2. The van der Waals surface area contributed by atoms with Crippen LogP contribution in [0.1, 0.15) is 25.7 Å². The van der Waals surface area contributed by atoms with Gasteiger partial charge in [-0.15, -0.1) is 5.92 Å². The first-order valence-electron chi connectivity index (χ1n) is 5.54. The quantitative estimate of drug-likeness (QED) is 0.171. The Morgan fingerprint density at radius 1 is 1.17 bits per heavy atom. The number of ketones is 1. The smallest absolute Gasteiger partial charge is 0.305 e. The molecule has 18 heavy (non-hydrogen) atoms. The van der Waals surface area contributed by atoms with Gasteiger partial charge in [-0.1, -0.05) is 18.1 Å². The maximum Gasteiger partial charge on any atom is 0.305 e. The number of methoxy groups -OCH3 is 1. The van der Waals surface area contributed by atoms with Gasteiger partial charge in [-0.25, -0.2) is 0 Å². The highest BCUT2D eigenvalue weighted by atomic mass is 16.5. The predicted octanol–water partition coefficient (Wildman–Crippen LogP) is 1.60. The number of unbranched alkanes of at least 4 members (excludes halogenated alkanes) is 1. The number of hydrogen-bond acceptors (Lipinski definition) is 4. The summed E-state index contributed by atoms with van der Waals surface area (Å²) in [7, 11) is 1.35. The van der Waals surface area contributed by atoms with Crippen molar-refractivity contribution in [1.82, 2.24) is 0 Å². The fourth-order valence-electron chi connectivity index (χ4n) is 0.992. The summed E-state index contributed by atoms with van der Waals surface area (Å²) in [5.74, 6) is 5.16. The number of ether oxygens (including phenoxy) is 1. The number of hydrogen-bond donors (Lipinski definition) is 0. The van der Waals surface area contributed by atoms with Gasteiger partial charge in [0.2, 0.25) is 0 Å². The molecule has 0 N–H and O–H groups in total. The Morgan fingerprint density at radius 2 is 1.94 bits per heavy atom. The largest absolute Gasteiger partial charge is 0.469 e. The van der Waals surface area contributed by atoms with Crippen LogP contribution in [0.4, 0.5) is 0 Å². The molecule has 96 valence electrons. The molecule has 0 atom stereocenters. The van der Waals surface area contributed by atoms with Crippen molar-refractivity contribution in [3.05, 3.63) is 24.3 Å². The maximum absolute atomic E-state index is 11.2. The molecular formula is C14H16O4. The summed E-state index contributed by atoms with van der Waals surface area (Å²) >= 11 is 0. The monoisotopic (exact) mass is 248 g/mol. The molecule has 0 bridgehead atoms. The molecule has 0 heterocycles. The van der Waals surface area contributed by atoms with Crippen molar-refractivity contribution >= 4 is 18.0 Å². The van der Waals surface area contributed by atoms with Crippen molar-refractivity contribution in [3.63, 3.8) is 0 Å². The zero-order valence-electron chi connectivity index (χ0n) is 10.3. The Hall–Kier alpha value is -2.15. The normalized spacial score (nSPS) is 10.1. The van der Waals surface area contributed by atoms with Gasteiger partial charge in [0, 0.05) is 12.8 Å². The maximum atomic E-state index is 11.2. The van der Waals surface area contributed by atoms with E-state index in [1.54, 1.807) is 0 Å². The van der Waals surface area contributed by atoms with Gasteiger partial charge in [0.1, 0.15) is 6.29 Å². The molecule has 0 spiro atoms. The molecule has 0 unspecified atom stereocenters. The van der Waals surface area contributed by atoms with Gasteiger partial charge in [0.25, 0.3) is 0 Å². The number of aldehydes is 1. The number of allylic oxidation sites excluding steroid dienone is 4. The van der Waals surface area contributed by atoms with E-state index in [9.17, 15) is 14.4 Å². The third-order valence-electron chi connectivity index (χ3n) is 1.88. The van der Waals surface area contributed by atoms with Crippen LogP contribution in [-0.4, -0.2) is 25.1 Å². The fourth-order valence-corrected chi connectivity index (χ4v) is 0.992. The van der Waals surface area contributed by atoms with E-state index in [4.69, 9.17) is 0 Å². The molecule has 0 radical (unpaired) electrons. The Bertz CT molecular complexity index is 394. The van der Waals surface area contributed by atoms with Crippen LogP contribution in [-0.2, 0) is 19.1 Å². The van der Waals surface area contributed by atoms with Crippen molar-refractivity contribution in [2.75, 3.05) is 7.11 Å². The predicted molar refractivity (Wildman–Crippen MR) is 67.6 cm³/mol. The Labute approximate surface area is 107 Å². The highest BCUT2D eigenvalue weighted by molar-refractivity contribution is 5.91. The average molecular weight is 248 g/mol. The summed E-state index contributed by atoms with van der Waals surface area (Å²) in [6.45, 7) is 0. The standard InChI is InChI=1S/C14H16O4/c1-18-14(17)11-7-3-2-5-9-13(16)10-6-4-8-12-15/h4,6,8,10,12H,3,7,9,11H2,1H3. The summed E-state index contributed by atoms with van der Waals surface area (Å²) in [5, 5.41) is 0. The lowest BCUT2D eigenvalue weighted by Gasteiger charge is -1.94. The lowest BCUT2D eigenvalue weighted by molar-refractivity contribution is -0.140. The molecule has 4 nitrogen and oxygen atoms in total. The zero-order chi connectivity index (χ0) is 13.6. The summed E-state index contributed by atoms with van der Waals surface area (Å²) in [4.78, 5) is 31.9. The van der Waals surface area contributed by atoms with Crippen LogP contribution in [0.25, 0.3) is 0 Å². The molecule has 0 aliphatic heterocycles. The second-order valence-electron chi connectivity index (χ2n) is 3.31. The van der Waals surface area contributed by atoms with Gasteiger partial charge >= 0.3 is 5.97 Å². The van der Waals surface area contributed by atoms with Crippen LogP contribution in [0.15, 0.2) is 24.3 Å². The van der Waals surface area contributed by atoms with Crippen LogP contribution in [0.2, 0.25) is 0 Å². The van der Waals surface area contributed by atoms with Crippen molar-refractivity contribution in [1.29, 1.82) is 0 Å². The number of rotatable bonds is 7. The fraction of sp³-hybridized carbons (Fsp3) is 0.357. The van der Waals surface area contributed by atoms with Crippen molar-refractivity contribution in [2.45, 2.75) is 25.7 Å². The highest BCUT2D eigenvalue weighted by Gasteiger charge is 1.97. The number of esters is 1. The van der Waals surface area contributed by atoms with E-state index in [2.05, 4.69) is 16.6 Å². The van der Waals surface area contributed by atoms with Gasteiger partial charge < -0.3 is 4.74 Å². The van der Waals surface area contributed by atoms with E-state index in [1.165, 1.54) is 31.4 Å². The van der Waals surface area contributed by atoms with Gasteiger partial charge in [-0.05, 0) is 18.6 Å². The molecule has 0 rings (SSSR count). The summed E-state index contributed by atoms with van der Waals surface area (Å²) < 4.78 is 4.48. The zero-order valence-corrected chi connectivity index (χ0v) is 10.3. The number of carbonyl (C=O) groups excluding carboxylic acids is 3. The first kappa shape index (κ1) is 15.9. The molecule has 0 aliphatic rings. The summed E-state index contributed by atoms with van der Waals surface area (Å²) in [5.41, 5.74) is 0. The van der Waals surface area contributed by atoms with E-state index < -0.39 is 0 Å². The summed E-state index contributed by atoms with van der Waals surface area (Å²) in [6.07, 6.45) is 7.95. The molecule has 0 aromatic heterocycles. The molecule has 0 aromatic carbocycles. The molecule has 0 saturated carbocycles. The molecule has 0 aliphatic carbocycles.